The first kappa shape index (κ1) is 20.4. The van der Waals surface area contributed by atoms with Gasteiger partial charge >= 0.3 is 5.97 Å². The second kappa shape index (κ2) is 6.92. The van der Waals surface area contributed by atoms with E-state index >= 15 is 0 Å². The van der Waals surface area contributed by atoms with E-state index in [1.54, 1.807) is 0 Å². The average Bonchev–Trinajstić information content (AvgIpc) is 3.07. The van der Waals surface area contributed by atoms with Crippen LogP contribution in [0.2, 0.25) is 0 Å². The van der Waals surface area contributed by atoms with Gasteiger partial charge in [0.1, 0.15) is 10.6 Å². The van der Waals surface area contributed by atoms with Crippen LogP contribution in [0.1, 0.15) is 0 Å². The number of fused-ring (bicyclic) bond motifs is 1. The number of azo groups is 2. The molecule has 1 aliphatic heterocycles. The number of nitrogens with zero attached hydrogens (tertiary/aromatic N) is 5. The van der Waals surface area contributed by atoms with Crippen LogP contribution in [-0.4, -0.2) is 54.2 Å². The van der Waals surface area contributed by atoms with Crippen molar-refractivity contribution in [2.75, 3.05) is 0 Å². The van der Waals surface area contributed by atoms with Gasteiger partial charge in [-0.05, 0) is 23.6 Å². The van der Waals surface area contributed by atoms with Gasteiger partial charge in [0.15, 0.2) is 5.75 Å². The molecule has 29 heavy (non-hydrogen) atoms. The fraction of sp³-hybridized carbons (Fsp3) is 0.0769. The van der Waals surface area contributed by atoms with Crippen LogP contribution in [0.5, 0.6) is 5.75 Å². The average molecular weight is 443 g/mol. The van der Waals surface area contributed by atoms with Gasteiger partial charge < -0.3 is 10.2 Å². The van der Waals surface area contributed by atoms with E-state index in [4.69, 9.17) is 5.11 Å². The molecule has 0 fully saturated rings. The molecule has 1 aliphatic rings. The summed E-state index contributed by atoms with van der Waals surface area (Å²) in [5, 5.41) is 32.6. The Bertz CT molecular complexity index is 1350. The van der Waals surface area contributed by atoms with Crippen LogP contribution < -0.4 is 0 Å². The summed E-state index contributed by atoms with van der Waals surface area (Å²) in [6.45, 7) is 0. The fourth-order valence-corrected chi connectivity index (χ4v) is 3.43. The molecule has 2 aromatic carbocycles. The number of carboxylic acids is 1. The highest BCUT2D eigenvalue weighted by Crippen LogP contribution is 2.41. The molecule has 0 amide bonds. The number of aromatic hydroxyl groups is 1. The smallest absolute Gasteiger partial charge is 0.375 e. The summed E-state index contributed by atoms with van der Waals surface area (Å²) < 4.78 is 64.3. The fourth-order valence-electron chi connectivity index (χ4n) is 2.30. The molecule has 0 saturated carbocycles. The Kier molecular flexibility index (Phi) is 4.87. The lowest BCUT2D eigenvalue weighted by atomic mass is 10.1. The quantitative estimate of drug-likeness (QED) is 0.385. The molecule has 0 aliphatic carbocycles. The molecule has 1 atom stereocenters. The van der Waals surface area contributed by atoms with Crippen LogP contribution in [0.15, 0.2) is 59.5 Å². The summed E-state index contributed by atoms with van der Waals surface area (Å²) in [5.74, 6) is -3.22. The Morgan fingerprint density at radius 1 is 1.07 bits per heavy atom. The number of rotatable bonds is 5. The van der Waals surface area contributed by atoms with Crippen LogP contribution in [0.3, 0.4) is 0 Å². The second-order valence-electron chi connectivity index (χ2n) is 5.44. The summed E-state index contributed by atoms with van der Waals surface area (Å²) in [7, 11) is -9.56. The van der Waals surface area contributed by atoms with Gasteiger partial charge in [0.05, 0.1) is 4.90 Å². The number of benzene rings is 2. The molecule has 152 valence electrons. The molecule has 0 spiro atoms. The largest absolute Gasteiger partial charge is 0.504 e. The van der Waals surface area contributed by atoms with Gasteiger partial charge in [0.2, 0.25) is 0 Å². The predicted molar refractivity (Wildman–Crippen MR) is 93.5 cm³/mol. The van der Waals surface area contributed by atoms with Gasteiger partial charge in [-0.3, -0.25) is 9.11 Å². The summed E-state index contributed by atoms with van der Waals surface area (Å²) in [6, 6.07) is 3.79. The van der Waals surface area contributed by atoms with Crippen molar-refractivity contribution in [3.63, 3.8) is 0 Å². The molecular weight excluding hydrogens is 434 g/mol. The number of phenolic OH excluding ortho intramolecular Hbond substituents is 1. The third kappa shape index (κ3) is 4.09. The maximum atomic E-state index is 11.5. The van der Waals surface area contributed by atoms with Crippen LogP contribution in [0.25, 0.3) is 10.8 Å². The number of carbonyl (C=O) groups is 1. The van der Waals surface area contributed by atoms with Crippen molar-refractivity contribution < 1.29 is 40.9 Å². The van der Waals surface area contributed by atoms with Gasteiger partial charge in [-0.25, -0.2) is 9.79 Å². The van der Waals surface area contributed by atoms with E-state index in [0.29, 0.717) is 0 Å². The number of hydrogen-bond donors (Lipinski definition) is 4. The molecule has 0 radical (unpaired) electrons. The van der Waals surface area contributed by atoms with E-state index in [-0.39, 0.29) is 10.8 Å². The number of aliphatic carboxylic acids is 1. The van der Waals surface area contributed by atoms with Crippen LogP contribution >= 0.6 is 0 Å². The maximum absolute atomic E-state index is 11.5. The predicted octanol–water partition coefficient (Wildman–Crippen LogP) is 1.35. The Morgan fingerprint density at radius 3 is 2.31 bits per heavy atom. The highest BCUT2D eigenvalue weighted by molar-refractivity contribution is 7.86. The molecule has 0 saturated heterocycles. The number of phenols is 1. The zero-order chi connectivity index (χ0) is 21.6. The monoisotopic (exact) mass is 443 g/mol. The van der Waals surface area contributed by atoms with Crippen molar-refractivity contribution >= 4 is 48.5 Å². The number of carboxylic acid groups (broad SMARTS) is 1. The number of amidine groups is 1. The van der Waals surface area contributed by atoms with Gasteiger partial charge in [-0.15, -0.1) is 20.5 Å². The number of aliphatic imine (C=N–C) groups is 1. The van der Waals surface area contributed by atoms with Crippen molar-refractivity contribution in [3.05, 3.63) is 24.3 Å². The lowest BCUT2D eigenvalue weighted by Gasteiger charge is -2.09. The van der Waals surface area contributed by atoms with Gasteiger partial charge in [-0.1, -0.05) is 6.07 Å². The van der Waals surface area contributed by atoms with E-state index in [9.17, 15) is 35.8 Å². The third-order valence-corrected chi connectivity index (χ3v) is 5.26. The lowest BCUT2D eigenvalue weighted by Crippen LogP contribution is -2.07. The van der Waals surface area contributed by atoms with E-state index in [1.165, 1.54) is 0 Å². The summed E-state index contributed by atoms with van der Waals surface area (Å²) in [4.78, 5) is 12.7. The van der Waals surface area contributed by atoms with Crippen molar-refractivity contribution in [2.24, 2.45) is 25.4 Å². The molecule has 1 unspecified atom stereocenters. The second-order valence-corrected chi connectivity index (χ2v) is 8.25. The Morgan fingerprint density at radius 2 is 1.76 bits per heavy atom. The van der Waals surface area contributed by atoms with Crippen LogP contribution in [-0.2, 0) is 25.0 Å². The Balaban J connectivity index is 2.24. The van der Waals surface area contributed by atoms with E-state index in [2.05, 4.69) is 25.4 Å². The minimum absolute atomic E-state index is 0.0135. The van der Waals surface area contributed by atoms with Crippen molar-refractivity contribution in [3.8, 4) is 5.75 Å². The molecule has 3 rings (SSSR count). The molecule has 4 N–H and O–H groups in total. The van der Waals surface area contributed by atoms with Gasteiger partial charge in [-0.2, -0.15) is 16.8 Å². The summed E-state index contributed by atoms with van der Waals surface area (Å²) >= 11 is 0. The minimum atomic E-state index is -4.91. The molecule has 1 heterocycles. The summed E-state index contributed by atoms with van der Waals surface area (Å²) in [6.07, 6.45) is -1.45. The van der Waals surface area contributed by atoms with Crippen LogP contribution in [0, 0.1) is 0 Å². The Hall–Kier alpha value is -3.34. The van der Waals surface area contributed by atoms with Crippen molar-refractivity contribution in [1.29, 1.82) is 0 Å². The van der Waals surface area contributed by atoms with Crippen LogP contribution in [0.4, 0.5) is 5.69 Å². The topological polar surface area (TPSA) is 228 Å². The first-order chi connectivity index (χ1) is 13.4. The van der Waals surface area contributed by atoms with Crippen molar-refractivity contribution in [1.82, 2.24) is 0 Å². The Labute approximate surface area is 161 Å². The molecule has 0 bridgehead atoms. The third-order valence-electron chi connectivity index (χ3n) is 3.55. The minimum Gasteiger partial charge on any atom is -0.504 e. The van der Waals surface area contributed by atoms with E-state index < -0.39 is 59.6 Å². The molecule has 16 heteroatoms. The highest BCUT2D eigenvalue weighted by Gasteiger charge is 2.24. The van der Waals surface area contributed by atoms with E-state index in [1.807, 2.05) is 0 Å². The molecule has 14 nitrogen and oxygen atoms in total. The first-order valence-corrected chi connectivity index (χ1v) is 10.1. The maximum Gasteiger partial charge on any atom is 0.375 e. The standard InChI is InChI=1S/C13H9N5O9S2/c19-10-8(29(25,26)27)3-5-1-2-6(28(22,23)24)4-7(5)9(10)15-17-13-14-11(12(20)21)16-18-13/h1-4,13,19H,(H,20,21)(H,22,23,24)(H,25,26,27). The SMILES string of the molecule is O=C(O)C1=NC(N=Nc2c(O)c(S(=O)(=O)O)cc3ccc(S(=O)(=O)O)cc23)N=N1. The van der Waals surface area contributed by atoms with Gasteiger partial charge in [0.25, 0.3) is 32.4 Å². The van der Waals surface area contributed by atoms with Gasteiger partial charge in [0, 0.05) is 5.39 Å². The van der Waals surface area contributed by atoms with E-state index in [0.717, 1.165) is 24.3 Å². The zero-order valence-corrected chi connectivity index (χ0v) is 15.4. The highest BCUT2D eigenvalue weighted by atomic mass is 32.2. The normalized spacial score (nSPS) is 17.2. The number of hydrogen-bond acceptors (Lipinski definition) is 11. The first-order valence-electron chi connectivity index (χ1n) is 7.25. The molecule has 0 aromatic heterocycles. The molecular formula is C13H9N5O9S2. The summed E-state index contributed by atoms with van der Waals surface area (Å²) in [5.41, 5.74) is -0.602. The van der Waals surface area contributed by atoms with Crippen molar-refractivity contribution in [2.45, 2.75) is 16.1 Å². The molecule has 2 aromatic rings. The zero-order valence-electron chi connectivity index (χ0n) is 13.8. The lowest BCUT2D eigenvalue weighted by molar-refractivity contribution is -0.129.